The number of thioether (sulfide) groups is 1. The van der Waals surface area contributed by atoms with Gasteiger partial charge in [-0.25, -0.2) is 4.79 Å². The Bertz CT molecular complexity index is 1180. The smallest absolute Gasteiger partial charge is 0.411 e. The van der Waals surface area contributed by atoms with E-state index in [2.05, 4.69) is 29.6 Å². The Morgan fingerprint density at radius 1 is 0.943 bits per heavy atom. The van der Waals surface area contributed by atoms with E-state index in [0.29, 0.717) is 23.5 Å². The van der Waals surface area contributed by atoms with Crippen LogP contribution in [0, 0.1) is 0 Å². The van der Waals surface area contributed by atoms with Crippen LogP contribution in [0.1, 0.15) is 27.4 Å². The molecule has 0 saturated carbocycles. The van der Waals surface area contributed by atoms with Crippen molar-refractivity contribution in [3.63, 3.8) is 0 Å². The Morgan fingerprint density at radius 3 is 2.11 bits per heavy atom. The van der Waals surface area contributed by atoms with Crippen LogP contribution in [0.3, 0.4) is 0 Å². The van der Waals surface area contributed by atoms with Crippen molar-refractivity contribution in [2.75, 3.05) is 37.0 Å². The number of nitrogens with zero attached hydrogens (tertiary/aromatic N) is 1. The predicted octanol–water partition coefficient (Wildman–Crippen LogP) is 4.94. The number of anilines is 1. The van der Waals surface area contributed by atoms with Gasteiger partial charge in [-0.1, -0.05) is 48.5 Å². The van der Waals surface area contributed by atoms with Gasteiger partial charge in [0.2, 0.25) is 0 Å². The zero-order valence-corrected chi connectivity index (χ0v) is 20.1. The summed E-state index contributed by atoms with van der Waals surface area (Å²) in [7, 11) is 0. The number of rotatable bonds is 9. The zero-order valence-electron chi connectivity index (χ0n) is 19.3. The maximum absolute atomic E-state index is 12.7. The van der Waals surface area contributed by atoms with Crippen LogP contribution in [0.4, 0.5) is 10.5 Å². The maximum Gasteiger partial charge on any atom is 0.411 e. The van der Waals surface area contributed by atoms with Gasteiger partial charge in [-0.2, -0.15) is 11.8 Å². The molecule has 180 valence electrons. The molecule has 0 aliphatic heterocycles. The van der Waals surface area contributed by atoms with Gasteiger partial charge in [-0.05, 0) is 52.8 Å². The van der Waals surface area contributed by atoms with Crippen molar-refractivity contribution >= 4 is 35.4 Å². The predicted molar refractivity (Wildman–Crippen MR) is 137 cm³/mol. The molecule has 3 aromatic carbocycles. The highest BCUT2D eigenvalue weighted by atomic mass is 32.2. The van der Waals surface area contributed by atoms with Gasteiger partial charge in [-0.15, -0.1) is 0 Å². The summed E-state index contributed by atoms with van der Waals surface area (Å²) in [5, 5.41) is 11.8. The van der Waals surface area contributed by atoms with E-state index in [9.17, 15) is 14.4 Å². The van der Waals surface area contributed by atoms with E-state index in [-0.39, 0.29) is 25.0 Å². The second-order valence-corrected chi connectivity index (χ2v) is 9.13. The van der Waals surface area contributed by atoms with Crippen molar-refractivity contribution in [3.05, 3.63) is 89.5 Å². The fourth-order valence-corrected chi connectivity index (χ4v) is 4.65. The number of carboxylic acid groups (broad SMARTS) is 1. The van der Waals surface area contributed by atoms with Gasteiger partial charge in [0.15, 0.2) is 0 Å². The molecular formula is C27H26N2O5S. The minimum atomic E-state index is -1.06. The molecular weight excluding hydrogens is 464 g/mol. The lowest BCUT2D eigenvalue weighted by atomic mass is 9.98. The van der Waals surface area contributed by atoms with Crippen LogP contribution >= 0.6 is 11.8 Å². The lowest BCUT2D eigenvalue weighted by Gasteiger charge is -2.20. The van der Waals surface area contributed by atoms with Crippen LogP contribution in [-0.2, 0) is 9.53 Å². The summed E-state index contributed by atoms with van der Waals surface area (Å²) < 4.78 is 5.55. The molecule has 0 spiro atoms. The molecule has 4 rings (SSSR count). The highest BCUT2D eigenvalue weighted by Gasteiger charge is 2.29. The molecule has 3 aromatic rings. The quantitative estimate of drug-likeness (QED) is 0.441. The summed E-state index contributed by atoms with van der Waals surface area (Å²) in [6.45, 7) is 0.182. The summed E-state index contributed by atoms with van der Waals surface area (Å²) in [5.41, 5.74) is 5.42. The third-order valence-corrected chi connectivity index (χ3v) is 6.49. The summed E-state index contributed by atoms with van der Waals surface area (Å²) >= 11 is 1.54. The number of carboxylic acids is 1. The van der Waals surface area contributed by atoms with E-state index in [1.54, 1.807) is 24.3 Å². The van der Waals surface area contributed by atoms with E-state index in [4.69, 9.17) is 9.84 Å². The number of nitrogens with one attached hydrogen (secondary N) is 1. The molecule has 0 fully saturated rings. The highest BCUT2D eigenvalue weighted by molar-refractivity contribution is 7.98. The molecule has 1 aliphatic carbocycles. The SMILES string of the molecule is CSCCN(CC(=O)O)C(=O)c1ccc(NC(=O)OCC2c3ccccc3-c3ccccc32)cc1. The number of carbonyl (C=O) groups excluding carboxylic acids is 2. The van der Waals surface area contributed by atoms with Crippen molar-refractivity contribution in [1.29, 1.82) is 0 Å². The number of hydrogen-bond acceptors (Lipinski definition) is 5. The maximum atomic E-state index is 12.7. The lowest BCUT2D eigenvalue weighted by Crippen LogP contribution is -2.37. The van der Waals surface area contributed by atoms with Gasteiger partial charge < -0.3 is 14.7 Å². The third kappa shape index (κ3) is 5.66. The molecule has 0 heterocycles. The van der Waals surface area contributed by atoms with Gasteiger partial charge >= 0.3 is 12.1 Å². The number of amides is 2. The monoisotopic (exact) mass is 490 g/mol. The highest BCUT2D eigenvalue weighted by Crippen LogP contribution is 2.44. The number of hydrogen-bond donors (Lipinski definition) is 2. The number of aliphatic carboxylic acids is 1. The van der Waals surface area contributed by atoms with Gasteiger partial charge in [0.1, 0.15) is 13.2 Å². The number of fused-ring (bicyclic) bond motifs is 3. The van der Waals surface area contributed by atoms with E-state index in [0.717, 1.165) is 22.3 Å². The minimum Gasteiger partial charge on any atom is -0.480 e. The van der Waals surface area contributed by atoms with Crippen molar-refractivity contribution in [1.82, 2.24) is 4.90 Å². The van der Waals surface area contributed by atoms with Crippen molar-refractivity contribution in [2.45, 2.75) is 5.92 Å². The fraction of sp³-hybridized carbons (Fsp3) is 0.222. The van der Waals surface area contributed by atoms with Crippen molar-refractivity contribution in [2.24, 2.45) is 0 Å². The summed E-state index contributed by atoms with van der Waals surface area (Å²) in [6, 6.07) is 22.6. The first-order valence-corrected chi connectivity index (χ1v) is 12.6. The minimum absolute atomic E-state index is 0.0327. The Kier molecular flexibility index (Phi) is 7.72. The Balaban J connectivity index is 1.37. The number of ether oxygens (including phenoxy) is 1. The molecule has 35 heavy (non-hydrogen) atoms. The van der Waals surface area contributed by atoms with Crippen LogP contribution in [-0.4, -0.2) is 59.7 Å². The van der Waals surface area contributed by atoms with E-state index in [1.165, 1.54) is 16.7 Å². The number of benzene rings is 3. The lowest BCUT2D eigenvalue weighted by molar-refractivity contribution is -0.137. The molecule has 0 saturated heterocycles. The van der Waals surface area contributed by atoms with E-state index in [1.807, 2.05) is 30.5 Å². The first-order chi connectivity index (χ1) is 17.0. The molecule has 0 atom stereocenters. The van der Waals surface area contributed by atoms with Crippen molar-refractivity contribution < 1.29 is 24.2 Å². The second-order valence-electron chi connectivity index (χ2n) is 8.14. The van der Waals surface area contributed by atoms with Gasteiger partial charge in [0.05, 0.1) is 0 Å². The zero-order chi connectivity index (χ0) is 24.8. The first-order valence-electron chi connectivity index (χ1n) is 11.2. The van der Waals surface area contributed by atoms with Gasteiger partial charge in [-0.3, -0.25) is 14.9 Å². The van der Waals surface area contributed by atoms with Crippen LogP contribution in [0.25, 0.3) is 11.1 Å². The molecule has 2 amide bonds. The Labute approximate surface area is 208 Å². The molecule has 0 aromatic heterocycles. The normalized spacial score (nSPS) is 11.9. The third-order valence-electron chi connectivity index (χ3n) is 5.90. The largest absolute Gasteiger partial charge is 0.480 e. The average molecular weight is 491 g/mol. The molecule has 0 unspecified atom stereocenters. The van der Waals surface area contributed by atoms with E-state index >= 15 is 0 Å². The first kappa shape index (κ1) is 24.3. The van der Waals surface area contributed by atoms with E-state index < -0.39 is 12.1 Å². The molecule has 0 bridgehead atoms. The fourth-order valence-electron chi connectivity index (χ4n) is 4.25. The summed E-state index contributed by atoms with van der Waals surface area (Å²) in [6.07, 6.45) is 1.31. The Morgan fingerprint density at radius 2 is 1.54 bits per heavy atom. The Hall–Kier alpha value is -3.78. The molecule has 0 radical (unpaired) electrons. The second kappa shape index (κ2) is 11.1. The van der Waals surface area contributed by atoms with Gasteiger partial charge in [0, 0.05) is 29.5 Å². The molecule has 2 N–H and O–H groups in total. The van der Waals surface area contributed by atoms with Gasteiger partial charge in [0.25, 0.3) is 5.91 Å². The van der Waals surface area contributed by atoms with Crippen LogP contribution in [0.15, 0.2) is 72.8 Å². The number of carbonyl (C=O) groups is 3. The van der Waals surface area contributed by atoms with Crippen molar-refractivity contribution in [3.8, 4) is 11.1 Å². The summed E-state index contributed by atoms with van der Waals surface area (Å²) in [4.78, 5) is 37.6. The topological polar surface area (TPSA) is 95.9 Å². The van der Waals surface area contributed by atoms with Crippen LogP contribution in [0.5, 0.6) is 0 Å². The standard InChI is InChI=1S/C27H26N2O5S/c1-35-15-14-29(16-25(30)31)26(32)18-10-12-19(13-11-18)28-27(33)34-17-24-22-8-4-2-6-20(22)21-7-3-5-9-23(21)24/h2-13,24H,14-17H2,1H3,(H,28,33)(H,30,31). The summed E-state index contributed by atoms with van der Waals surface area (Å²) in [5.74, 6) is -0.822. The average Bonchev–Trinajstić information content (AvgIpc) is 3.19. The molecule has 1 aliphatic rings. The molecule has 8 heteroatoms. The van der Waals surface area contributed by atoms with Crippen LogP contribution in [0.2, 0.25) is 0 Å². The van der Waals surface area contributed by atoms with Crippen LogP contribution < -0.4 is 5.32 Å². The molecule has 7 nitrogen and oxygen atoms in total.